The van der Waals surface area contributed by atoms with Crippen molar-refractivity contribution in [3.8, 4) is 0 Å². The standard InChI is InChI=1S/C7H11N5/c1-4-11-5(7(8)9)3-6(10-2)12-4/h3H,1-2H3,(H3,8,9)(H,10,11,12). The van der Waals surface area contributed by atoms with Crippen molar-refractivity contribution in [2.45, 2.75) is 6.92 Å². The monoisotopic (exact) mass is 165 g/mol. The maximum atomic E-state index is 7.16. The molecule has 0 radical (unpaired) electrons. The fourth-order valence-corrected chi connectivity index (χ4v) is 0.834. The van der Waals surface area contributed by atoms with E-state index in [-0.39, 0.29) is 5.84 Å². The summed E-state index contributed by atoms with van der Waals surface area (Å²) in [6.07, 6.45) is 0. The summed E-state index contributed by atoms with van der Waals surface area (Å²) in [5.74, 6) is 1.23. The van der Waals surface area contributed by atoms with Crippen LogP contribution in [0.3, 0.4) is 0 Å². The van der Waals surface area contributed by atoms with Crippen LogP contribution in [0.2, 0.25) is 0 Å². The average Bonchev–Trinajstić information content (AvgIpc) is 2.03. The van der Waals surface area contributed by atoms with Gasteiger partial charge >= 0.3 is 0 Å². The Morgan fingerprint density at radius 2 is 2.25 bits per heavy atom. The zero-order valence-electron chi connectivity index (χ0n) is 7.05. The smallest absolute Gasteiger partial charge is 0.142 e. The van der Waals surface area contributed by atoms with Gasteiger partial charge in [0.2, 0.25) is 0 Å². The van der Waals surface area contributed by atoms with Crippen LogP contribution in [0.25, 0.3) is 0 Å². The molecule has 0 saturated carbocycles. The summed E-state index contributed by atoms with van der Waals surface area (Å²) < 4.78 is 0. The molecular weight excluding hydrogens is 154 g/mol. The lowest BCUT2D eigenvalue weighted by atomic mass is 10.3. The maximum Gasteiger partial charge on any atom is 0.142 e. The van der Waals surface area contributed by atoms with E-state index in [4.69, 9.17) is 11.1 Å². The van der Waals surface area contributed by atoms with Crippen molar-refractivity contribution < 1.29 is 0 Å². The average molecular weight is 165 g/mol. The first-order chi connectivity index (χ1) is 5.63. The topological polar surface area (TPSA) is 87.7 Å². The van der Waals surface area contributed by atoms with E-state index in [9.17, 15) is 0 Å². The van der Waals surface area contributed by atoms with Crippen LogP contribution in [-0.4, -0.2) is 22.9 Å². The highest BCUT2D eigenvalue weighted by atomic mass is 15.0. The van der Waals surface area contributed by atoms with E-state index in [1.54, 1.807) is 20.0 Å². The van der Waals surface area contributed by atoms with E-state index in [0.29, 0.717) is 17.3 Å². The second-order valence-electron chi connectivity index (χ2n) is 2.35. The number of hydrogen-bond donors (Lipinski definition) is 3. The first-order valence-electron chi connectivity index (χ1n) is 3.51. The van der Waals surface area contributed by atoms with E-state index in [2.05, 4.69) is 15.3 Å². The van der Waals surface area contributed by atoms with E-state index < -0.39 is 0 Å². The van der Waals surface area contributed by atoms with Crippen molar-refractivity contribution in [2.75, 3.05) is 12.4 Å². The van der Waals surface area contributed by atoms with Crippen LogP contribution < -0.4 is 11.1 Å². The summed E-state index contributed by atoms with van der Waals surface area (Å²) in [4.78, 5) is 8.04. The Morgan fingerprint density at radius 3 is 2.75 bits per heavy atom. The van der Waals surface area contributed by atoms with Gasteiger partial charge in [-0.1, -0.05) is 0 Å². The number of anilines is 1. The summed E-state index contributed by atoms with van der Waals surface area (Å²) in [6.45, 7) is 1.76. The van der Waals surface area contributed by atoms with Gasteiger partial charge < -0.3 is 11.1 Å². The minimum Gasteiger partial charge on any atom is -0.382 e. The van der Waals surface area contributed by atoms with Gasteiger partial charge in [-0.25, -0.2) is 9.97 Å². The minimum atomic E-state index is -0.0444. The molecule has 0 amide bonds. The molecule has 0 aromatic carbocycles. The van der Waals surface area contributed by atoms with Crippen LogP contribution in [0, 0.1) is 12.3 Å². The Kier molecular flexibility index (Phi) is 2.23. The molecule has 1 heterocycles. The third-order valence-electron chi connectivity index (χ3n) is 1.37. The largest absolute Gasteiger partial charge is 0.382 e. The highest BCUT2D eigenvalue weighted by Crippen LogP contribution is 2.04. The van der Waals surface area contributed by atoms with Crippen LogP contribution >= 0.6 is 0 Å². The zero-order chi connectivity index (χ0) is 9.14. The number of hydrogen-bond acceptors (Lipinski definition) is 4. The van der Waals surface area contributed by atoms with Crippen molar-refractivity contribution in [2.24, 2.45) is 5.73 Å². The predicted octanol–water partition coefficient (Wildman–Crippen LogP) is 0.111. The van der Waals surface area contributed by atoms with Crippen LogP contribution in [0.5, 0.6) is 0 Å². The van der Waals surface area contributed by atoms with Crippen molar-refractivity contribution in [1.82, 2.24) is 9.97 Å². The molecule has 0 spiro atoms. The summed E-state index contributed by atoms with van der Waals surface area (Å²) in [5, 5.41) is 10.0. The molecule has 0 unspecified atom stereocenters. The molecular formula is C7H11N5. The first-order valence-corrected chi connectivity index (χ1v) is 3.51. The van der Waals surface area contributed by atoms with Gasteiger partial charge in [0.05, 0.1) is 0 Å². The van der Waals surface area contributed by atoms with Crippen LogP contribution in [-0.2, 0) is 0 Å². The maximum absolute atomic E-state index is 7.16. The van der Waals surface area contributed by atoms with Gasteiger partial charge in [0.15, 0.2) is 0 Å². The molecule has 0 aliphatic rings. The third kappa shape index (κ3) is 1.69. The lowest BCUT2D eigenvalue weighted by Crippen LogP contribution is -2.14. The zero-order valence-corrected chi connectivity index (χ0v) is 7.05. The molecule has 0 atom stereocenters. The number of aromatic nitrogens is 2. The van der Waals surface area contributed by atoms with Crippen LogP contribution in [0.1, 0.15) is 11.5 Å². The quantitative estimate of drug-likeness (QED) is 0.428. The molecule has 0 saturated heterocycles. The summed E-state index contributed by atoms with van der Waals surface area (Å²) in [6, 6.07) is 1.63. The molecule has 0 bridgehead atoms. The van der Waals surface area contributed by atoms with Gasteiger partial charge in [-0.15, -0.1) is 0 Å². The SMILES string of the molecule is CNc1cc(C(=N)N)nc(C)n1. The molecule has 0 aliphatic carbocycles. The second kappa shape index (κ2) is 3.17. The van der Waals surface area contributed by atoms with Gasteiger partial charge in [-0.3, -0.25) is 5.41 Å². The Labute approximate surface area is 70.5 Å². The number of nitrogens with one attached hydrogen (secondary N) is 2. The van der Waals surface area contributed by atoms with E-state index in [0.717, 1.165) is 0 Å². The van der Waals surface area contributed by atoms with Gasteiger partial charge in [0, 0.05) is 13.1 Å². The molecule has 12 heavy (non-hydrogen) atoms. The van der Waals surface area contributed by atoms with Gasteiger partial charge in [0.25, 0.3) is 0 Å². The van der Waals surface area contributed by atoms with Crippen molar-refractivity contribution in [3.05, 3.63) is 17.6 Å². The number of nitrogens with two attached hydrogens (primary N) is 1. The summed E-state index contributed by atoms with van der Waals surface area (Å²) >= 11 is 0. The van der Waals surface area contributed by atoms with E-state index >= 15 is 0 Å². The van der Waals surface area contributed by atoms with Crippen LogP contribution in [0.15, 0.2) is 6.07 Å². The molecule has 1 aromatic heterocycles. The van der Waals surface area contributed by atoms with Crippen LogP contribution in [0.4, 0.5) is 5.82 Å². The highest BCUT2D eigenvalue weighted by molar-refractivity contribution is 5.93. The summed E-state index contributed by atoms with van der Waals surface area (Å²) in [5.41, 5.74) is 5.72. The lowest BCUT2D eigenvalue weighted by molar-refractivity contribution is 1.04. The fraction of sp³-hybridized carbons (Fsp3) is 0.286. The molecule has 4 N–H and O–H groups in total. The Bertz CT molecular complexity index is 307. The Hall–Kier alpha value is -1.65. The second-order valence-corrected chi connectivity index (χ2v) is 2.35. The number of nitrogen functional groups attached to an aromatic ring is 1. The molecule has 5 heteroatoms. The molecule has 64 valence electrons. The lowest BCUT2D eigenvalue weighted by Gasteiger charge is -2.02. The fourth-order valence-electron chi connectivity index (χ4n) is 0.834. The molecule has 5 nitrogen and oxygen atoms in total. The first kappa shape index (κ1) is 8.45. The number of amidine groups is 1. The Morgan fingerprint density at radius 1 is 1.58 bits per heavy atom. The number of aryl methyl sites for hydroxylation is 1. The van der Waals surface area contributed by atoms with E-state index in [1.807, 2.05) is 0 Å². The van der Waals surface area contributed by atoms with E-state index in [1.165, 1.54) is 0 Å². The molecule has 1 aromatic rings. The number of rotatable bonds is 2. The van der Waals surface area contributed by atoms with Gasteiger partial charge in [-0.05, 0) is 6.92 Å². The third-order valence-corrected chi connectivity index (χ3v) is 1.37. The summed E-state index contributed by atoms with van der Waals surface area (Å²) in [7, 11) is 1.76. The van der Waals surface area contributed by atoms with Crippen molar-refractivity contribution >= 4 is 11.7 Å². The van der Waals surface area contributed by atoms with Gasteiger partial charge in [0.1, 0.15) is 23.2 Å². The molecule has 0 aliphatic heterocycles. The number of nitrogens with zero attached hydrogens (tertiary/aromatic N) is 2. The normalized spacial score (nSPS) is 9.50. The molecule has 1 rings (SSSR count). The van der Waals surface area contributed by atoms with Gasteiger partial charge in [-0.2, -0.15) is 0 Å². The highest BCUT2D eigenvalue weighted by Gasteiger charge is 2.01. The molecule has 0 fully saturated rings. The van der Waals surface area contributed by atoms with Crippen molar-refractivity contribution in [3.63, 3.8) is 0 Å². The predicted molar refractivity (Wildman–Crippen MR) is 47.3 cm³/mol. The minimum absolute atomic E-state index is 0.0444. The Balaban J connectivity index is 3.15. The van der Waals surface area contributed by atoms with Crippen molar-refractivity contribution in [1.29, 1.82) is 5.41 Å².